The smallest absolute Gasteiger partial charge is 0.254 e. The molecule has 0 fully saturated rings. The summed E-state index contributed by atoms with van der Waals surface area (Å²) in [7, 11) is 0. The van der Waals surface area contributed by atoms with Crippen LogP contribution in [-0.2, 0) is 0 Å². The average molecular weight is 315 g/mol. The molecule has 0 unspecified atom stereocenters. The van der Waals surface area contributed by atoms with Crippen molar-refractivity contribution in [2.24, 2.45) is 0 Å². The molecule has 122 valence electrons. The quantitative estimate of drug-likeness (QED) is 0.721. The van der Waals surface area contributed by atoms with Crippen LogP contribution in [0.1, 0.15) is 29.3 Å². The number of carbonyl (C=O) groups excluding carboxylic acids is 1. The highest BCUT2D eigenvalue weighted by atomic mass is 19.1. The van der Waals surface area contributed by atoms with E-state index in [0.717, 1.165) is 17.5 Å². The van der Waals surface area contributed by atoms with Crippen LogP contribution in [0.5, 0.6) is 5.75 Å². The number of amides is 1. The van der Waals surface area contributed by atoms with Crippen molar-refractivity contribution in [3.05, 3.63) is 65.5 Å². The Hall–Kier alpha value is -2.36. The maximum absolute atomic E-state index is 12.8. The molecule has 2 aromatic carbocycles. The van der Waals surface area contributed by atoms with Crippen LogP contribution in [0, 0.1) is 12.7 Å². The second kappa shape index (κ2) is 8.32. The first-order chi connectivity index (χ1) is 11.1. The lowest BCUT2D eigenvalue weighted by atomic mass is 10.1. The Bertz CT molecular complexity index is 640. The minimum atomic E-state index is -0.279. The molecule has 3 nitrogen and oxygen atoms in total. The Morgan fingerprint density at radius 1 is 1.13 bits per heavy atom. The molecule has 0 N–H and O–H groups in total. The lowest BCUT2D eigenvalue weighted by Crippen LogP contribution is -2.33. The fourth-order valence-corrected chi connectivity index (χ4v) is 2.36. The highest BCUT2D eigenvalue weighted by Gasteiger charge is 2.15. The number of carbonyl (C=O) groups is 1. The molecule has 2 aromatic rings. The molecule has 23 heavy (non-hydrogen) atoms. The predicted octanol–water partition coefficient (Wildman–Crippen LogP) is 4.07. The Morgan fingerprint density at radius 2 is 1.83 bits per heavy atom. The van der Waals surface area contributed by atoms with Gasteiger partial charge in [-0.25, -0.2) is 4.39 Å². The molecule has 0 aliphatic rings. The van der Waals surface area contributed by atoms with Crippen LogP contribution in [-0.4, -0.2) is 30.5 Å². The summed E-state index contributed by atoms with van der Waals surface area (Å²) >= 11 is 0. The largest absolute Gasteiger partial charge is 0.494 e. The summed E-state index contributed by atoms with van der Waals surface area (Å²) in [5.41, 5.74) is 1.73. The summed E-state index contributed by atoms with van der Waals surface area (Å²) in [6, 6.07) is 13.6. The summed E-state index contributed by atoms with van der Waals surface area (Å²) in [4.78, 5) is 14.4. The zero-order valence-corrected chi connectivity index (χ0v) is 13.6. The van der Waals surface area contributed by atoms with E-state index in [4.69, 9.17) is 4.74 Å². The van der Waals surface area contributed by atoms with E-state index in [9.17, 15) is 9.18 Å². The van der Waals surface area contributed by atoms with Gasteiger partial charge in [0.2, 0.25) is 0 Å². The van der Waals surface area contributed by atoms with Gasteiger partial charge in [-0.2, -0.15) is 0 Å². The molecule has 2 rings (SSSR count). The second-order valence-corrected chi connectivity index (χ2v) is 5.36. The predicted molar refractivity (Wildman–Crippen MR) is 89.3 cm³/mol. The minimum absolute atomic E-state index is 0.0485. The molecule has 0 spiro atoms. The molecular formula is C19H22FNO2. The number of nitrogens with zero attached hydrogens (tertiary/aromatic N) is 1. The molecule has 0 aliphatic heterocycles. The SMILES string of the molecule is CCN(CCCOc1ccc(F)cc1)C(=O)c1ccccc1C. The van der Waals surface area contributed by atoms with E-state index in [-0.39, 0.29) is 11.7 Å². The summed E-state index contributed by atoms with van der Waals surface area (Å²) < 4.78 is 18.4. The molecule has 0 saturated carbocycles. The van der Waals surface area contributed by atoms with Crippen molar-refractivity contribution in [2.75, 3.05) is 19.7 Å². The maximum Gasteiger partial charge on any atom is 0.254 e. The number of halogens is 1. The van der Waals surface area contributed by atoms with Crippen molar-refractivity contribution in [2.45, 2.75) is 20.3 Å². The number of hydrogen-bond donors (Lipinski definition) is 0. The van der Waals surface area contributed by atoms with Crippen LogP contribution in [0.15, 0.2) is 48.5 Å². The maximum atomic E-state index is 12.8. The average Bonchev–Trinajstić information content (AvgIpc) is 2.56. The van der Waals surface area contributed by atoms with Crippen LogP contribution in [0.4, 0.5) is 4.39 Å². The van der Waals surface area contributed by atoms with Gasteiger partial charge in [0.1, 0.15) is 11.6 Å². The van der Waals surface area contributed by atoms with E-state index in [2.05, 4.69) is 0 Å². The van der Waals surface area contributed by atoms with Gasteiger partial charge in [-0.05, 0) is 56.2 Å². The molecule has 0 heterocycles. The van der Waals surface area contributed by atoms with Gasteiger partial charge in [0, 0.05) is 18.7 Å². The zero-order valence-electron chi connectivity index (χ0n) is 13.6. The van der Waals surface area contributed by atoms with Crippen LogP contribution in [0.25, 0.3) is 0 Å². The van der Waals surface area contributed by atoms with Crippen LogP contribution >= 0.6 is 0 Å². The van der Waals surface area contributed by atoms with Crippen molar-refractivity contribution in [3.63, 3.8) is 0 Å². The van der Waals surface area contributed by atoms with Crippen LogP contribution in [0.3, 0.4) is 0 Å². The fraction of sp³-hybridized carbons (Fsp3) is 0.316. The number of rotatable bonds is 7. The summed E-state index contributed by atoms with van der Waals surface area (Å²) in [5, 5.41) is 0. The van der Waals surface area contributed by atoms with Gasteiger partial charge in [-0.1, -0.05) is 18.2 Å². The van der Waals surface area contributed by atoms with E-state index in [1.54, 1.807) is 12.1 Å². The third-order valence-corrected chi connectivity index (χ3v) is 3.70. The highest BCUT2D eigenvalue weighted by Crippen LogP contribution is 2.13. The van der Waals surface area contributed by atoms with E-state index in [1.807, 2.05) is 43.0 Å². The first-order valence-corrected chi connectivity index (χ1v) is 7.85. The number of benzene rings is 2. The molecule has 0 aliphatic carbocycles. The number of ether oxygens (including phenoxy) is 1. The van der Waals surface area contributed by atoms with E-state index >= 15 is 0 Å². The van der Waals surface area contributed by atoms with Crippen LogP contribution in [0.2, 0.25) is 0 Å². The first kappa shape index (κ1) is 17.0. The summed E-state index contributed by atoms with van der Waals surface area (Å²) in [5.74, 6) is 0.408. The third-order valence-electron chi connectivity index (χ3n) is 3.70. The normalized spacial score (nSPS) is 10.4. The molecule has 0 atom stereocenters. The Morgan fingerprint density at radius 3 is 2.48 bits per heavy atom. The molecule has 0 aromatic heterocycles. The van der Waals surface area contributed by atoms with Gasteiger partial charge in [-0.15, -0.1) is 0 Å². The number of aryl methyl sites for hydroxylation is 1. The van der Waals surface area contributed by atoms with Crippen molar-refractivity contribution in [1.29, 1.82) is 0 Å². The topological polar surface area (TPSA) is 29.5 Å². The van der Waals surface area contributed by atoms with Gasteiger partial charge in [-0.3, -0.25) is 4.79 Å². The number of hydrogen-bond acceptors (Lipinski definition) is 2. The molecular weight excluding hydrogens is 293 g/mol. The third kappa shape index (κ3) is 4.81. The van der Waals surface area contributed by atoms with Crippen molar-refractivity contribution in [1.82, 2.24) is 4.90 Å². The van der Waals surface area contributed by atoms with Gasteiger partial charge < -0.3 is 9.64 Å². The highest BCUT2D eigenvalue weighted by molar-refractivity contribution is 5.95. The van der Waals surface area contributed by atoms with Crippen molar-refractivity contribution < 1.29 is 13.9 Å². The standard InChI is InChI=1S/C19H22FNO2/c1-3-21(19(22)18-8-5-4-7-15(18)2)13-6-14-23-17-11-9-16(20)10-12-17/h4-5,7-12H,3,6,13-14H2,1-2H3. The molecule has 0 bridgehead atoms. The first-order valence-electron chi connectivity index (χ1n) is 7.85. The van der Waals surface area contributed by atoms with E-state index in [1.165, 1.54) is 12.1 Å². The second-order valence-electron chi connectivity index (χ2n) is 5.36. The monoisotopic (exact) mass is 315 g/mol. The van der Waals surface area contributed by atoms with Gasteiger partial charge in [0.25, 0.3) is 5.91 Å². The van der Waals surface area contributed by atoms with Gasteiger partial charge >= 0.3 is 0 Å². The lowest BCUT2D eigenvalue weighted by Gasteiger charge is -2.22. The Kier molecular flexibility index (Phi) is 6.15. The van der Waals surface area contributed by atoms with Crippen molar-refractivity contribution in [3.8, 4) is 5.75 Å². The minimum Gasteiger partial charge on any atom is -0.494 e. The van der Waals surface area contributed by atoms with Crippen LogP contribution < -0.4 is 4.74 Å². The lowest BCUT2D eigenvalue weighted by molar-refractivity contribution is 0.0755. The Labute approximate surface area is 136 Å². The zero-order chi connectivity index (χ0) is 16.7. The molecule has 1 amide bonds. The Balaban J connectivity index is 1.84. The molecule has 0 saturated heterocycles. The van der Waals surface area contributed by atoms with Crippen molar-refractivity contribution >= 4 is 5.91 Å². The molecule has 0 radical (unpaired) electrons. The fourth-order valence-electron chi connectivity index (χ4n) is 2.36. The van der Waals surface area contributed by atoms with Gasteiger partial charge in [0.15, 0.2) is 0 Å². The molecule has 4 heteroatoms. The summed E-state index contributed by atoms with van der Waals surface area (Å²) in [6.45, 7) is 5.69. The summed E-state index contributed by atoms with van der Waals surface area (Å²) in [6.07, 6.45) is 0.725. The van der Waals surface area contributed by atoms with E-state index in [0.29, 0.717) is 25.4 Å². The van der Waals surface area contributed by atoms with Gasteiger partial charge in [0.05, 0.1) is 6.61 Å². The van der Waals surface area contributed by atoms with E-state index < -0.39 is 0 Å².